The largest absolute Gasteiger partial charge is 0.480 e. The molecular formula is C20H38N6O7. The van der Waals surface area contributed by atoms with Crippen LogP contribution in [-0.2, 0) is 24.0 Å². The van der Waals surface area contributed by atoms with Crippen LogP contribution in [0.4, 0.5) is 0 Å². The summed E-state index contributed by atoms with van der Waals surface area (Å²) in [4.78, 5) is 60.3. The first-order valence-electron chi connectivity index (χ1n) is 10.9. The fourth-order valence-corrected chi connectivity index (χ4v) is 2.90. The SMILES string of the molecule is CC(C)CC(NC(=O)C(CCCCN)NC(=O)C(N)C(C)O)C(=O)NC(CC(N)=O)C(=O)O. The quantitative estimate of drug-likeness (QED) is 0.108. The summed E-state index contributed by atoms with van der Waals surface area (Å²) in [5.74, 6) is -4.65. The van der Waals surface area contributed by atoms with Crippen LogP contribution in [0.25, 0.3) is 0 Å². The second-order valence-electron chi connectivity index (χ2n) is 8.37. The standard InChI is InChI=1S/C20H38N6O7/c1-10(2)8-13(18(30)26-14(20(32)33)9-15(22)28)25-17(29)12(6-4-5-7-21)24-19(31)16(23)11(3)27/h10-14,16,27H,4-9,21,23H2,1-3H3,(H2,22,28)(H,24,31)(H,25,29)(H,26,30)(H,32,33). The van der Waals surface area contributed by atoms with Crippen LogP contribution < -0.4 is 33.2 Å². The summed E-state index contributed by atoms with van der Waals surface area (Å²) >= 11 is 0. The number of carboxylic acids is 1. The van der Waals surface area contributed by atoms with Gasteiger partial charge in [-0.05, 0) is 45.1 Å². The van der Waals surface area contributed by atoms with Crippen molar-refractivity contribution in [1.29, 1.82) is 0 Å². The predicted molar refractivity (Wildman–Crippen MR) is 119 cm³/mol. The van der Waals surface area contributed by atoms with Gasteiger partial charge in [0.25, 0.3) is 0 Å². The number of unbranched alkanes of at least 4 members (excludes halogenated alkanes) is 1. The lowest BCUT2D eigenvalue weighted by molar-refractivity contribution is -0.144. The number of carbonyl (C=O) groups excluding carboxylic acids is 4. The van der Waals surface area contributed by atoms with Gasteiger partial charge in [0.15, 0.2) is 0 Å². The summed E-state index contributed by atoms with van der Waals surface area (Å²) < 4.78 is 0. The molecule has 11 N–H and O–H groups in total. The van der Waals surface area contributed by atoms with Crippen LogP contribution in [0.3, 0.4) is 0 Å². The summed E-state index contributed by atoms with van der Waals surface area (Å²) in [5.41, 5.74) is 16.1. The molecule has 0 bridgehead atoms. The molecule has 0 aliphatic rings. The highest BCUT2D eigenvalue weighted by Crippen LogP contribution is 2.09. The Labute approximate surface area is 193 Å². The number of carboxylic acid groups (broad SMARTS) is 1. The minimum Gasteiger partial charge on any atom is -0.480 e. The van der Waals surface area contributed by atoms with Gasteiger partial charge in [0.05, 0.1) is 12.5 Å². The zero-order chi connectivity index (χ0) is 25.7. The molecule has 13 heteroatoms. The second-order valence-corrected chi connectivity index (χ2v) is 8.37. The van der Waals surface area contributed by atoms with E-state index in [1.165, 1.54) is 6.92 Å². The van der Waals surface area contributed by atoms with Gasteiger partial charge < -0.3 is 43.4 Å². The Bertz CT molecular complexity index is 686. The molecule has 0 saturated heterocycles. The van der Waals surface area contributed by atoms with Crippen molar-refractivity contribution in [1.82, 2.24) is 16.0 Å². The molecule has 0 radical (unpaired) electrons. The van der Waals surface area contributed by atoms with Crippen LogP contribution in [0, 0.1) is 5.92 Å². The Morgan fingerprint density at radius 2 is 1.36 bits per heavy atom. The number of aliphatic hydroxyl groups excluding tert-OH is 1. The molecule has 13 nitrogen and oxygen atoms in total. The maximum atomic E-state index is 12.9. The molecule has 0 heterocycles. The number of carbonyl (C=O) groups is 5. The van der Waals surface area contributed by atoms with E-state index in [0.29, 0.717) is 19.4 Å². The van der Waals surface area contributed by atoms with Gasteiger partial charge in [-0.3, -0.25) is 19.2 Å². The van der Waals surface area contributed by atoms with Gasteiger partial charge in [-0.2, -0.15) is 0 Å². The number of amides is 4. The van der Waals surface area contributed by atoms with Gasteiger partial charge in [-0.25, -0.2) is 4.79 Å². The van der Waals surface area contributed by atoms with E-state index >= 15 is 0 Å². The molecule has 0 aromatic rings. The molecule has 190 valence electrons. The average Bonchev–Trinajstić information content (AvgIpc) is 2.70. The number of aliphatic hydroxyl groups is 1. The first-order chi connectivity index (χ1) is 15.3. The third-order valence-corrected chi connectivity index (χ3v) is 4.76. The minimum absolute atomic E-state index is 0.0607. The van der Waals surface area contributed by atoms with E-state index in [4.69, 9.17) is 17.2 Å². The maximum absolute atomic E-state index is 12.9. The van der Waals surface area contributed by atoms with Crippen molar-refractivity contribution in [3.63, 3.8) is 0 Å². The van der Waals surface area contributed by atoms with Crippen LogP contribution in [0.2, 0.25) is 0 Å². The highest BCUT2D eigenvalue weighted by atomic mass is 16.4. The van der Waals surface area contributed by atoms with Crippen molar-refractivity contribution in [3.05, 3.63) is 0 Å². The molecule has 5 atom stereocenters. The van der Waals surface area contributed by atoms with E-state index in [9.17, 15) is 34.2 Å². The molecule has 0 aromatic carbocycles. The first-order valence-corrected chi connectivity index (χ1v) is 10.9. The topological polar surface area (TPSA) is 240 Å². The lowest BCUT2D eigenvalue weighted by Gasteiger charge is -2.26. The maximum Gasteiger partial charge on any atom is 0.326 e. The van der Waals surface area contributed by atoms with E-state index in [2.05, 4.69) is 16.0 Å². The van der Waals surface area contributed by atoms with Crippen LogP contribution in [-0.4, -0.2) is 76.6 Å². The number of nitrogens with one attached hydrogen (secondary N) is 3. The van der Waals surface area contributed by atoms with Gasteiger partial charge >= 0.3 is 5.97 Å². The van der Waals surface area contributed by atoms with Crippen molar-refractivity contribution in [2.75, 3.05) is 6.54 Å². The third kappa shape index (κ3) is 12.2. The number of aliphatic carboxylic acids is 1. The monoisotopic (exact) mass is 474 g/mol. The summed E-state index contributed by atoms with van der Waals surface area (Å²) in [7, 11) is 0. The highest BCUT2D eigenvalue weighted by molar-refractivity contribution is 5.94. The van der Waals surface area contributed by atoms with Gasteiger partial charge in [-0.15, -0.1) is 0 Å². The number of hydrogen-bond donors (Lipinski definition) is 8. The van der Waals surface area contributed by atoms with Gasteiger partial charge in [0.2, 0.25) is 23.6 Å². The Balaban J connectivity index is 5.53. The van der Waals surface area contributed by atoms with Gasteiger partial charge in [0.1, 0.15) is 24.2 Å². The summed E-state index contributed by atoms with van der Waals surface area (Å²) in [6.07, 6.45) is -0.299. The molecule has 0 aromatic heterocycles. The lowest BCUT2D eigenvalue weighted by Crippen LogP contribution is -2.58. The number of nitrogens with two attached hydrogens (primary N) is 3. The number of primary amides is 1. The van der Waals surface area contributed by atoms with E-state index < -0.39 is 66.3 Å². The molecule has 4 amide bonds. The Morgan fingerprint density at radius 1 is 0.848 bits per heavy atom. The third-order valence-electron chi connectivity index (χ3n) is 4.76. The molecule has 5 unspecified atom stereocenters. The minimum atomic E-state index is -1.55. The Hall–Kier alpha value is -2.77. The number of hydrogen-bond acceptors (Lipinski definition) is 8. The van der Waals surface area contributed by atoms with Crippen molar-refractivity contribution in [2.45, 2.75) is 83.1 Å². The van der Waals surface area contributed by atoms with Crippen molar-refractivity contribution >= 4 is 29.6 Å². The molecular weight excluding hydrogens is 436 g/mol. The van der Waals surface area contributed by atoms with E-state index in [-0.39, 0.29) is 18.8 Å². The molecule has 0 rings (SSSR count). The van der Waals surface area contributed by atoms with Crippen molar-refractivity contribution < 1.29 is 34.2 Å². The Kier molecular flexibility index (Phi) is 13.9. The normalized spacial score (nSPS) is 15.6. The lowest BCUT2D eigenvalue weighted by atomic mass is 10.0. The average molecular weight is 475 g/mol. The fourth-order valence-electron chi connectivity index (χ4n) is 2.90. The molecule has 0 fully saturated rings. The van der Waals surface area contributed by atoms with Crippen LogP contribution in [0.5, 0.6) is 0 Å². The second kappa shape index (κ2) is 15.1. The van der Waals surface area contributed by atoms with E-state index in [1.807, 2.05) is 0 Å². The molecule has 33 heavy (non-hydrogen) atoms. The van der Waals surface area contributed by atoms with E-state index in [1.54, 1.807) is 13.8 Å². The van der Waals surface area contributed by atoms with Crippen LogP contribution >= 0.6 is 0 Å². The molecule has 0 spiro atoms. The number of rotatable bonds is 16. The van der Waals surface area contributed by atoms with E-state index in [0.717, 1.165) is 0 Å². The molecule has 0 aliphatic heterocycles. The van der Waals surface area contributed by atoms with Gasteiger partial charge in [-0.1, -0.05) is 13.8 Å². The highest BCUT2D eigenvalue weighted by Gasteiger charge is 2.31. The van der Waals surface area contributed by atoms with Gasteiger partial charge in [0, 0.05) is 0 Å². The zero-order valence-electron chi connectivity index (χ0n) is 19.4. The fraction of sp³-hybridized carbons (Fsp3) is 0.750. The predicted octanol–water partition coefficient (Wildman–Crippen LogP) is -2.72. The first kappa shape index (κ1) is 30.2. The molecule has 0 aliphatic carbocycles. The smallest absolute Gasteiger partial charge is 0.326 e. The van der Waals surface area contributed by atoms with Crippen LogP contribution in [0.1, 0.15) is 52.9 Å². The van der Waals surface area contributed by atoms with Crippen molar-refractivity contribution in [2.24, 2.45) is 23.1 Å². The molecule has 0 saturated carbocycles. The summed E-state index contributed by atoms with van der Waals surface area (Å²) in [6, 6.07) is -5.00. The zero-order valence-corrected chi connectivity index (χ0v) is 19.4. The van der Waals surface area contributed by atoms with Crippen molar-refractivity contribution in [3.8, 4) is 0 Å². The summed E-state index contributed by atoms with van der Waals surface area (Å²) in [6.45, 7) is 5.31. The Morgan fingerprint density at radius 3 is 1.82 bits per heavy atom. The van der Waals surface area contributed by atoms with Crippen LogP contribution in [0.15, 0.2) is 0 Å². The summed E-state index contributed by atoms with van der Waals surface area (Å²) in [5, 5.41) is 26.0.